The van der Waals surface area contributed by atoms with Crippen LogP contribution in [0.15, 0.2) is 72.9 Å². The van der Waals surface area contributed by atoms with E-state index in [0.29, 0.717) is 19.4 Å². The molecule has 39 heavy (non-hydrogen) atoms. The molecule has 0 unspecified atom stereocenters. The second-order valence-corrected chi connectivity index (χ2v) is 8.58. The van der Waals surface area contributed by atoms with Crippen LogP contribution in [0.1, 0.15) is 78.1 Å². The van der Waals surface area contributed by atoms with Gasteiger partial charge >= 0.3 is 11.9 Å². The second-order valence-electron chi connectivity index (χ2n) is 8.58. The van der Waals surface area contributed by atoms with Gasteiger partial charge < -0.3 is 20.5 Å². The third kappa shape index (κ3) is 24.4. The molecule has 0 spiro atoms. The van der Waals surface area contributed by atoms with Crippen molar-refractivity contribution < 1.29 is 29.0 Å². The molecule has 0 saturated heterocycles. The number of ether oxygens (including phenoxy) is 1. The standard InChI is InChI=1S/C31H46N2O6/c1-3-5-6-7-8-9-10-11-12-13-14-15-16-17-18-19-20-23-28(34)32-26-21-22-27(31(37)38)33-29(35)24-25-30(36)39-4-2/h5-6,8-9,11-12,14-15,17-18,24-25,27H,3-4,7,10,13,16,19-23,26H2,1-2H3,(H,32,34)(H,33,35)(H,37,38)/t27-/m0/s1. The fraction of sp³-hybridized carbons (Fsp3) is 0.484. The Balaban J connectivity index is 3.90. The lowest BCUT2D eigenvalue weighted by Crippen LogP contribution is -2.40. The van der Waals surface area contributed by atoms with E-state index in [4.69, 9.17) is 0 Å². The molecule has 0 heterocycles. The van der Waals surface area contributed by atoms with Gasteiger partial charge in [0.25, 0.3) is 0 Å². The number of rotatable bonds is 22. The van der Waals surface area contributed by atoms with Crippen molar-refractivity contribution in [3.05, 3.63) is 72.9 Å². The Bertz CT molecular complexity index is 884. The summed E-state index contributed by atoms with van der Waals surface area (Å²) in [4.78, 5) is 46.3. The van der Waals surface area contributed by atoms with Crippen molar-refractivity contribution in [2.24, 2.45) is 0 Å². The van der Waals surface area contributed by atoms with Crippen molar-refractivity contribution in [3.63, 3.8) is 0 Å². The van der Waals surface area contributed by atoms with Crippen LogP contribution in [-0.4, -0.2) is 48.1 Å². The summed E-state index contributed by atoms with van der Waals surface area (Å²) in [5.74, 6) is -2.65. The highest BCUT2D eigenvalue weighted by atomic mass is 16.5. The number of unbranched alkanes of at least 4 members (excludes halogenated alkanes) is 1. The van der Waals surface area contributed by atoms with Crippen molar-refractivity contribution >= 4 is 23.8 Å². The molecule has 0 aromatic rings. The fourth-order valence-corrected chi connectivity index (χ4v) is 3.18. The van der Waals surface area contributed by atoms with Crippen molar-refractivity contribution in [3.8, 4) is 0 Å². The normalized spacial score (nSPS) is 12.9. The summed E-state index contributed by atoms with van der Waals surface area (Å²) in [6.45, 7) is 4.26. The number of esters is 1. The quantitative estimate of drug-likeness (QED) is 0.0719. The Kier molecular flexibility index (Phi) is 23.5. The van der Waals surface area contributed by atoms with Gasteiger partial charge in [0.1, 0.15) is 6.04 Å². The molecule has 0 radical (unpaired) electrons. The summed E-state index contributed by atoms with van der Waals surface area (Å²) in [5, 5.41) is 14.4. The predicted molar refractivity (Wildman–Crippen MR) is 156 cm³/mol. The first-order valence-electron chi connectivity index (χ1n) is 13.8. The van der Waals surface area contributed by atoms with E-state index >= 15 is 0 Å². The van der Waals surface area contributed by atoms with E-state index in [1.165, 1.54) is 0 Å². The van der Waals surface area contributed by atoms with Crippen molar-refractivity contribution in [2.45, 2.75) is 84.1 Å². The summed E-state index contributed by atoms with van der Waals surface area (Å²) in [6.07, 6.45) is 30.6. The second kappa shape index (κ2) is 25.9. The van der Waals surface area contributed by atoms with E-state index in [1.54, 1.807) is 6.92 Å². The molecule has 8 heteroatoms. The molecule has 8 nitrogen and oxygen atoms in total. The minimum absolute atomic E-state index is 0.0874. The number of hydrogen-bond acceptors (Lipinski definition) is 5. The van der Waals surface area contributed by atoms with Crippen molar-refractivity contribution in [2.75, 3.05) is 13.2 Å². The van der Waals surface area contributed by atoms with Gasteiger partial charge in [0.15, 0.2) is 0 Å². The first-order valence-corrected chi connectivity index (χ1v) is 13.8. The third-order valence-corrected chi connectivity index (χ3v) is 5.20. The number of amides is 2. The van der Waals surface area contributed by atoms with Gasteiger partial charge in [-0.1, -0.05) is 67.7 Å². The summed E-state index contributed by atoms with van der Waals surface area (Å²) < 4.78 is 4.66. The van der Waals surface area contributed by atoms with Gasteiger partial charge in [-0.2, -0.15) is 0 Å². The van der Waals surface area contributed by atoms with Crippen LogP contribution in [0.4, 0.5) is 0 Å². The summed E-state index contributed by atoms with van der Waals surface area (Å²) in [6, 6.07) is -1.11. The SMILES string of the molecule is CCC=CCC=CCC=CCC=CCC=CCCCC(=O)NCCC[C@H](NC(=O)C=CC(=O)OCC)C(=O)O. The molecule has 0 fully saturated rings. The van der Waals surface area contributed by atoms with Crippen LogP contribution < -0.4 is 10.6 Å². The number of carbonyl (C=O) groups excluding carboxylic acids is 3. The molecule has 216 valence electrons. The van der Waals surface area contributed by atoms with Crippen LogP contribution in [0.25, 0.3) is 0 Å². The smallest absolute Gasteiger partial charge is 0.330 e. The number of allylic oxidation sites excluding steroid dienone is 10. The Morgan fingerprint density at radius 2 is 1.33 bits per heavy atom. The van der Waals surface area contributed by atoms with E-state index in [9.17, 15) is 24.3 Å². The molecule has 0 bridgehead atoms. The number of carbonyl (C=O) groups is 4. The van der Waals surface area contributed by atoms with Gasteiger partial charge in [0.2, 0.25) is 11.8 Å². The largest absolute Gasteiger partial charge is 0.480 e. The molecule has 3 N–H and O–H groups in total. The molecule has 1 atom stereocenters. The summed E-state index contributed by atoms with van der Waals surface area (Å²) in [5.41, 5.74) is 0. The zero-order chi connectivity index (χ0) is 29.0. The molecule has 0 aliphatic heterocycles. The van der Waals surface area contributed by atoms with E-state index in [0.717, 1.165) is 57.1 Å². The van der Waals surface area contributed by atoms with Gasteiger partial charge in [-0.15, -0.1) is 0 Å². The van der Waals surface area contributed by atoms with E-state index in [1.807, 2.05) is 0 Å². The Morgan fingerprint density at radius 1 is 0.769 bits per heavy atom. The third-order valence-electron chi connectivity index (χ3n) is 5.20. The molecule has 2 amide bonds. The van der Waals surface area contributed by atoms with Crippen LogP contribution in [0.3, 0.4) is 0 Å². The maximum Gasteiger partial charge on any atom is 0.330 e. The van der Waals surface area contributed by atoms with Gasteiger partial charge in [0.05, 0.1) is 6.61 Å². The lowest BCUT2D eigenvalue weighted by Gasteiger charge is -2.13. The minimum atomic E-state index is -1.18. The average molecular weight is 543 g/mol. The van der Waals surface area contributed by atoms with Crippen LogP contribution in [0.5, 0.6) is 0 Å². The predicted octanol–water partition coefficient (Wildman–Crippen LogP) is 5.49. The van der Waals surface area contributed by atoms with Gasteiger partial charge in [-0.3, -0.25) is 9.59 Å². The average Bonchev–Trinajstić information content (AvgIpc) is 2.91. The molecule has 0 aliphatic rings. The first-order chi connectivity index (χ1) is 18.9. The van der Waals surface area contributed by atoms with Crippen LogP contribution >= 0.6 is 0 Å². The molecular weight excluding hydrogens is 496 g/mol. The summed E-state index contributed by atoms with van der Waals surface area (Å²) in [7, 11) is 0. The maximum absolute atomic E-state index is 12.0. The van der Waals surface area contributed by atoms with Crippen LogP contribution in [0.2, 0.25) is 0 Å². The highest BCUT2D eigenvalue weighted by Crippen LogP contribution is 2.01. The van der Waals surface area contributed by atoms with Crippen LogP contribution in [0, 0.1) is 0 Å². The number of hydrogen-bond donors (Lipinski definition) is 3. The maximum atomic E-state index is 12.0. The molecule has 0 aromatic heterocycles. The zero-order valence-corrected chi connectivity index (χ0v) is 23.5. The molecule has 0 aromatic carbocycles. The Labute approximate surface area is 233 Å². The van der Waals surface area contributed by atoms with E-state index in [-0.39, 0.29) is 18.9 Å². The van der Waals surface area contributed by atoms with E-state index < -0.39 is 23.9 Å². The minimum Gasteiger partial charge on any atom is -0.480 e. The Morgan fingerprint density at radius 3 is 1.87 bits per heavy atom. The summed E-state index contributed by atoms with van der Waals surface area (Å²) >= 11 is 0. The lowest BCUT2D eigenvalue weighted by atomic mass is 10.1. The van der Waals surface area contributed by atoms with E-state index in [2.05, 4.69) is 83.1 Å². The molecular formula is C31H46N2O6. The number of carboxylic acids is 1. The van der Waals surface area contributed by atoms with Gasteiger partial charge in [0, 0.05) is 25.1 Å². The first kappa shape index (κ1) is 35.3. The topological polar surface area (TPSA) is 122 Å². The van der Waals surface area contributed by atoms with Crippen molar-refractivity contribution in [1.29, 1.82) is 0 Å². The highest BCUT2D eigenvalue weighted by Gasteiger charge is 2.18. The number of aliphatic carboxylic acids is 1. The monoisotopic (exact) mass is 542 g/mol. The zero-order valence-electron chi connectivity index (χ0n) is 23.5. The molecule has 0 aliphatic carbocycles. The lowest BCUT2D eigenvalue weighted by molar-refractivity contribution is -0.141. The van der Waals surface area contributed by atoms with Gasteiger partial charge in [-0.25, -0.2) is 9.59 Å². The van der Waals surface area contributed by atoms with Crippen molar-refractivity contribution in [1.82, 2.24) is 10.6 Å². The van der Waals surface area contributed by atoms with Crippen LogP contribution in [-0.2, 0) is 23.9 Å². The highest BCUT2D eigenvalue weighted by molar-refractivity contribution is 5.96. The molecule has 0 rings (SSSR count). The fourth-order valence-electron chi connectivity index (χ4n) is 3.18. The number of nitrogens with one attached hydrogen (secondary N) is 2. The molecule has 0 saturated carbocycles. The Hall–Kier alpha value is -3.68. The van der Waals surface area contributed by atoms with Gasteiger partial charge in [-0.05, 0) is 64.7 Å². The number of carboxylic acid groups (broad SMARTS) is 1.